The van der Waals surface area contributed by atoms with E-state index in [2.05, 4.69) is 27.9 Å². The van der Waals surface area contributed by atoms with Gasteiger partial charge in [0.2, 0.25) is 5.88 Å². The first-order valence-corrected chi connectivity index (χ1v) is 12.5. The Bertz CT molecular complexity index is 1490. The molecule has 1 amide bonds. The maximum atomic E-state index is 13.4. The minimum absolute atomic E-state index is 0.209. The number of benzene rings is 1. The van der Waals surface area contributed by atoms with E-state index in [9.17, 15) is 9.59 Å². The lowest BCUT2D eigenvalue weighted by Crippen LogP contribution is -2.27. The van der Waals surface area contributed by atoms with Crippen LogP contribution in [0.15, 0.2) is 59.8 Å². The van der Waals surface area contributed by atoms with Crippen molar-refractivity contribution >= 4 is 41.4 Å². The third-order valence-electron chi connectivity index (χ3n) is 5.54. The topological polar surface area (TPSA) is 105 Å². The van der Waals surface area contributed by atoms with Gasteiger partial charge in [-0.1, -0.05) is 0 Å². The van der Waals surface area contributed by atoms with E-state index in [1.165, 1.54) is 7.11 Å². The fourth-order valence-electron chi connectivity index (χ4n) is 4.17. The van der Waals surface area contributed by atoms with Gasteiger partial charge < -0.3 is 18.8 Å². The third kappa shape index (κ3) is 5.91. The van der Waals surface area contributed by atoms with Gasteiger partial charge in [0.1, 0.15) is 17.1 Å². The number of fused-ring (bicyclic) bond motifs is 1. The minimum Gasteiger partial charge on any atom is -0.481 e. The van der Waals surface area contributed by atoms with Gasteiger partial charge in [0.05, 0.1) is 13.7 Å². The number of anilines is 1. The fourth-order valence-corrected chi connectivity index (χ4v) is 4.37. The number of nitrogens with zero attached hydrogens (tertiary/aromatic N) is 3. The average Bonchev–Trinajstić information content (AvgIpc) is 3.16. The van der Waals surface area contributed by atoms with Crippen molar-refractivity contribution in [2.45, 2.75) is 44.7 Å². The summed E-state index contributed by atoms with van der Waals surface area (Å²) in [6, 6.07) is 12.9. The number of thiol groups is 1. The highest BCUT2D eigenvalue weighted by molar-refractivity contribution is 7.80. The maximum Gasteiger partial charge on any atom is 0.413 e. The summed E-state index contributed by atoms with van der Waals surface area (Å²) in [4.78, 5) is 35.0. The van der Waals surface area contributed by atoms with Crippen molar-refractivity contribution in [3.05, 3.63) is 66.1 Å². The number of hydrogen-bond acceptors (Lipinski definition) is 8. The molecule has 0 spiro atoms. The molecule has 0 fully saturated rings. The number of hydrogen-bond donors (Lipinski definition) is 2. The number of pyridine rings is 2. The van der Waals surface area contributed by atoms with Gasteiger partial charge in [-0.25, -0.2) is 19.6 Å². The zero-order valence-electron chi connectivity index (χ0n) is 21.9. The molecule has 4 aromatic rings. The molecule has 0 unspecified atom stereocenters. The zero-order chi connectivity index (χ0) is 27.4. The number of nitrogens with one attached hydrogen (secondary N) is 1. The normalized spacial score (nSPS) is 11.3. The molecule has 0 radical (unpaired) electrons. The number of carbonyl (C=O) groups is 2. The fraction of sp³-hybridized carbons (Fsp3) is 0.286. The van der Waals surface area contributed by atoms with Crippen LogP contribution < -0.4 is 10.1 Å². The van der Waals surface area contributed by atoms with Crippen LogP contribution in [-0.4, -0.2) is 45.9 Å². The van der Waals surface area contributed by atoms with Crippen molar-refractivity contribution in [2.24, 2.45) is 0 Å². The Kier molecular flexibility index (Phi) is 7.91. The molecule has 38 heavy (non-hydrogen) atoms. The molecule has 0 saturated carbocycles. The number of esters is 1. The van der Waals surface area contributed by atoms with Gasteiger partial charge >= 0.3 is 12.1 Å². The summed E-state index contributed by atoms with van der Waals surface area (Å²) >= 11 is 4.55. The quantitative estimate of drug-likeness (QED) is 0.222. The summed E-state index contributed by atoms with van der Waals surface area (Å²) < 4.78 is 18.3. The summed E-state index contributed by atoms with van der Waals surface area (Å²) in [5, 5.41) is 3.46. The van der Waals surface area contributed by atoms with Crippen LogP contribution in [0.3, 0.4) is 0 Å². The molecule has 0 aliphatic carbocycles. The smallest absolute Gasteiger partial charge is 0.413 e. The van der Waals surface area contributed by atoms with Crippen LogP contribution in [-0.2, 0) is 16.0 Å². The van der Waals surface area contributed by atoms with Crippen molar-refractivity contribution in [1.82, 2.24) is 14.5 Å². The summed E-state index contributed by atoms with van der Waals surface area (Å²) in [5.74, 6) is 0.235. The van der Waals surface area contributed by atoms with Gasteiger partial charge in [0, 0.05) is 45.9 Å². The van der Waals surface area contributed by atoms with E-state index in [1.54, 1.807) is 52.2 Å². The SMILES string of the molecule is CCOC(=O)c1c(-c2cccnc2OC)c2cc(S)ccc2n1Cc1ccnc(NC(=O)OC(C)(C)C)c1. The highest BCUT2D eigenvalue weighted by Crippen LogP contribution is 2.40. The van der Waals surface area contributed by atoms with Gasteiger partial charge in [0.15, 0.2) is 0 Å². The van der Waals surface area contributed by atoms with Crippen LogP contribution in [0.5, 0.6) is 5.88 Å². The Labute approximate surface area is 226 Å². The Morgan fingerprint density at radius 2 is 1.87 bits per heavy atom. The van der Waals surface area contributed by atoms with Crippen molar-refractivity contribution < 1.29 is 23.8 Å². The Morgan fingerprint density at radius 1 is 1.08 bits per heavy atom. The molecule has 0 aliphatic heterocycles. The number of aromatic nitrogens is 3. The van der Waals surface area contributed by atoms with E-state index in [-0.39, 0.29) is 6.61 Å². The number of ether oxygens (including phenoxy) is 3. The van der Waals surface area contributed by atoms with Gasteiger partial charge in [-0.05, 0) is 75.7 Å². The van der Waals surface area contributed by atoms with Crippen molar-refractivity contribution in [2.75, 3.05) is 19.0 Å². The van der Waals surface area contributed by atoms with Crippen LogP contribution in [0, 0.1) is 0 Å². The van der Waals surface area contributed by atoms with E-state index in [4.69, 9.17) is 14.2 Å². The third-order valence-corrected chi connectivity index (χ3v) is 5.82. The Balaban J connectivity index is 1.86. The molecule has 1 aromatic carbocycles. The summed E-state index contributed by atoms with van der Waals surface area (Å²) in [6.07, 6.45) is 2.62. The van der Waals surface area contributed by atoms with Gasteiger partial charge in [-0.15, -0.1) is 12.6 Å². The maximum absolute atomic E-state index is 13.4. The molecular weight excluding hydrogens is 504 g/mol. The molecule has 10 heteroatoms. The van der Waals surface area contributed by atoms with Gasteiger partial charge in [0.25, 0.3) is 0 Å². The van der Waals surface area contributed by atoms with E-state index in [0.29, 0.717) is 35.1 Å². The van der Waals surface area contributed by atoms with Crippen LogP contribution >= 0.6 is 12.6 Å². The Hall–Kier alpha value is -4.05. The number of amides is 1. The molecule has 9 nitrogen and oxygen atoms in total. The molecule has 0 aliphatic rings. The molecule has 0 atom stereocenters. The average molecular weight is 535 g/mol. The van der Waals surface area contributed by atoms with Crippen LogP contribution in [0.4, 0.5) is 10.6 Å². The minimum atomic E-state index is -0.643. The largest absolute Gasteiger partial charge is 0.481 e. The van der Waals surface area contributed by atoms with Crippen LogP contribution in [0.25, 0.3) is 22.0 Å². The van der Waals surface area contributed by atoms with Crippen LogP contribution in [0.1, 0.15) is 43.7 Å². The van der Waals surface area contributed by atoms with E-state index < -0.39 is 17.7 Å². The Morgan fingerprint density at radius 3 is 2.58 bits per heavy atom. The van der Waals surface area contributed by atoms with Crippen molar-refractivity contribution in [1.29, 1.82) is 0 Å². The molecule has 0 saturated heterocycles. The zero-order valence-corrected chi connectivity index (χ0v) is 22.8. The van der Waals surface area contributed by atoms with E-state index >= 15 is 0 Å². The highest BCUT2D eigenvalue weighted by atomic mass is 32.1. The van der Waals surface area contributed by atoms with E-state index in [1.807, 2.05) is 34.9 Å². The summed E-state index contributed by atoms with van der Waals surface area (Å²) in [5.41, 5.74) is 2.60. The number of methoxy groups -OCH3 is 1. The predicted octanol–water partition coefficient (Wildman–Crippen LogP) is 5.97. The lowest BCUT2D eigenvalue weighted by molar-refractivity contribution is 0.0515. The van der Waals surface area contributed by atoms with Gasteiger partial charge in [-0.3, -0.25) is 5.32 Å². The van der Waals surface area contributed by atoms with E-state index in [0.717, 1.165) is 21.4 Å². The first-order chi connectivity index (χ1) is 18.1. The number of rotatable bonds is 7. The number of carbonyl (C=O) groups excluding carboxylic acids is 2. The standard InChI is InChI=1S/C28H30N4O5S/c1-6-36-26(33)24-23(19-8-7-12-30-25(19)35-5)20-15-18(38)9-10-21(20)32(24)16-17-11-13-29-22(14-17)31-27(34)37-28(2,3)4/h7-15,38H,6,16H2,1-5H3,(H,29,31,34). The first kappa shape index (κ1) is 27.0. The molecule has 4 rings (SSSR count). The second-order valence-electron chi connectivity index (χ2n) is 9.47. The van der Waals surface area contributed by atoms with Crippen molar-refractivity contribution in [3.63, 3.8) is 0 Å². The molecule has 3 aromatic heterocycles. The molecule has 198 valence electrons. The second-order valence-corrected chi connectivity index (χ2v) is 9.98. The monoisotopic (exact) mass is 534 g/mol. The highest BCUT2D eigenvalue weighted by Gasteiger charge is 2.27. The molecule has 0 bridgehead atoms. The molecule has 1 N–H and O–H groups in total. The molecular formula is C28H30N4O5S. The summed E-state index contributed by atoms with van der Waals surface area (Å²) in [6.45, 7) is 7.63. The lowest BCUT2D eigenvalue weighted by atomic mass is 10.0. The first-order valence-electron chi connectivity index (χ1n) is 12.1. The van der Waals surface area contributed by atoms with Gasteiger partial charge in [-0.2, -0.15) is 0 Å². The predicted molar refractivity (Wildman–Crippen MR) is 148 cm³/mol. The summed E-state index contributed by atoms with van der Waals surface area (Å²) in [7, 11) is 1.54. The lowest BCUT2D eigenvalue weighted by Gasteiger charge is -2.19. The van der Waals surface area contributed by atoms with Crippen LogP contribution in [0.2, 0.25) is 0 Å². The second kappa shape index (κ2) is 11.1. The van der Waals surface area contributed by atoms with Crippen molar-refractivity contribution in [3.8, 4) is 17.0 Å². The molecule has 3 heterocycles.